The fourth-order valence-electron chi connectivity index (χ4n) is 2.16. The highest BCUT2D eigenvalue weighted by molar-refractivity contribution is 6.31. The second-order valence-electron chi connectivity index (χ2n) is 5.19. The summed E-state index contributed by atoms with van der Waals surface area (Å²) < 4.78 is 18.0. The average Bonchev–Trinajstić information content (AvgIpc) is 3.12. The van der Waals surface area contributed by atoms with Crippen molar-refractivity contribution in [3.05, 3.63) is 70.5 Å². The first-order chi connectivity index (χ1) is 12.7. The van der Waals surface area contributed by atoms with Crippen molar-refractivity contribution in [2.24, 2.45) is 5.16 Å². The molecule has 0 aliphatic rings. The molecule has 3 rings (SSSR count). The Morgan fingerprint density at radius 2 is 2.12 bits per heavy atom. The fraction of sp³-hybridized carbons (Fsp3) is 0.125. The van der Waals surface area contributed by atoms with E-state index < -0.39 is 5.82 Å². The van der Waals surface area contributed by atoms with Gasteiger partial charge in [0, 0.05) is 25.0 Å². The van der Waals surface area contributed by atoms with Crippen molar-refractivity contribution in [3.8, 4) is 0 Å². The Hall–Kier alpha value is -3.04. The van der Waals surface area contributed by atoms with E-state index in [9.17, 15) is 9.60 Å². The zero-order valence-corrected chi connectivity index (χ0v) is 14.1. The summed E-state index contributed by atoms with van der Waals surface area (Å²) in [5.41, 5.74) is 1.91. The van der Waals surface area contributed by atoms with Crippen LogP contribution in [0.4, 0.5) is 10.1 Å². The topological polar surface area (TPSA) is 108 Å². The minimum absolute atomic E-state index is 0.0106. The number of nitrogens with zero attached hydrogens (tertiary/aromatic N) is 4. The van der Waals surface area contributed by atoms with Gasteiger partial charge in [0.2, 0.25) is 5.84 Å². The molecule has 0 spiro atoms. The molecule has 134 valence electrons. The molecule has 0 aliphatic carbocycles. The summed E-state index contributed by atoms with van der Waals surface area (Å²) in [5.74, 6) is -0.564. The molecule has 0 unspecified atom stereocenters. The molecule has 3 aromatic rings. The molecule has 0 fully saturated rings. The van der Waals surface area contributed by atoms with E-state index in [1.807, 2.05) is 18.2 Å². The van der Waals surface area contributed by atoms with Gasteiger partial charge in [-0.15, -0.1) is 0 Å². The Balaban J connectivity index is 1.68. The smallest absolute Gasteiger partial charge is 0.201 e. The van der Waals surface area contributed by atoms with Crippen LogP contribution < -0.4 is 10.6 Å². The van der Waals surface area contributed by atoms with Crippen LogP contribution in [0.2, 0.25) is 5.02 Å². The van der Waals surface area contributed by atoms with E-state index in [0.29, 0.717) is 24.5 Å². The summed E-state index contributed by atoms with van der Waals surface area (Å²) in [6.45, 7) is 0.819. The standard InChI is InChI=1S/C16H14ClFN6O2/c17-12-7-10(4-5-13(12)18)21-16(22-25)15-14(23-26-24-15)9-19-8-11-3-1-2-6-20-11/h1-7,19,25H,8-9H2,(H,21,22). The molecule has 0 aliphatic heterocycles. The summed E-state index contributed by atoms with van der Waals surface area (Å²) in [6, 6.07) is 9.60. The molecule has 8 nitrogen and oxygen atoms in total. The molecule has 3 N–H and O–H groups in total. The number of anilines is 1. The van der Waals surface area contributed by atoms with Crippen molar-refractivity contribution in [2.45, 2.75) is 13.1 Å². The third-order valence-corrected chi connectivity index (χ3v) is 3.68. The predicted octanol–water partition coefficient (Wildman–Crippen LogP) is 2.79. The summed E-state index contributed by atoms with van der Waals surface area (Å²) in [6.07, 6.45) is 1.70. The first kappa shape index (κ1) is 17.8. The quantitative estimate of drug-likeness (QED) is 0.263. The summed E-state index contributed by atoms with van der Waals surface area (Å²) in [5, 5.41) is 25.9. The maximum atomic E-state index is 13.2. The Kier molecular flexibility index (Phi) is 5.72. The predicted molar refractivity (Wildman–Crippen MR) is 92.4 cm³/mol. The van der Waals surface area contributed by atoms with Gasteiger partial charge >= 0.3 is 0 Å². The molecular weight excluding hydrogens is 363 g/mol. The summed E-state index contributed by atoms with van der Waals surface area (Å²) >= 11 is 5.74. The highest BCUT2D eigenvalue weighted by Gasteiger charge is 2.17. The maximum absolute atomic E-state index is 13.2. The van der Waals surface area contributed by atoms with Gasteiger partial charge in [-0.2, -0.15) is 0 Å². The molecule has 0 saturated heterocycles. The lowest BCUT2D eigenvalue weighted by Gasteiger charge is -2.08. The zero-order chi connectivity index (χ0) is 18.4. The van der Waals surface area contributed by atoms with E-state index in [2.05, 4.69) is 31.1 Å². The first-order valence-electron chi connectivity index (χ1n) is 7.54. The van der Waals surface area contributed by atoms with Gasteiger partial charge in [-0.05, 0) is 35.5 Å². The van der Waals surface area contributed by atoms with Gasteiger partial charge in [0.25, 0.3) is 0 Å². The number of hydrogen-bond donors (Lipinski definition) is 3. The van der Waals surface area contributed by atoms with Crippen LogP contribution in [0.3, 0.4) is 0 Å². The molecule has 0 atom stereocenters. The zero-order valence-electron chi connectivity index (χ0n) is 13.4. The van der Waals surface area contributed by atoms with E-state index in [0.717, 1.165) is 5.69 Å². The maximum Gasteiger partial charge on any atom is 0.201 e. The monoisotopic (exact) mass is 376 g/mol. The molecule has 1 aromatic carbocycles. The van der Waals surface area contributed by atoms with Crippen LogP contribution in [0.15, 0.2) is 52.4 Å². The van der Waals surface area contributed by atoms with Crippen molar-refractivity contribution in [2.75, 3.05) is 5.32 Å². The molecule has 0 saturated carbocycles. The van der Waals surface area contributed by atoms with Crippen LogP contribution in [0.1, 0.15) is 17.1 Å². The molecule has 26 heavy (non-hydrogen) atoms. The summed E-state index contributed by atoms with van der Waals surface area (Å²) in [7, 11) is 0. The Bertz CT molecular complexity index is 903. The number of hydrogen-bond acceptors (Lipinski definition) is 7. The average molecular weight is 377 g/mol. The SMILES string of the molecule is ON=C(Nc1ccc(F)c(Cl)c1)c1nonc1CNCc1ccccn1. The highest BCUT2D eigenvalue weighted by Crippen LogP contribution is 2.20. The Labute approximate surface area is 152 Å². The molecule has 10 heteroatoms. The number of halogens is 2. The van der Waals surface area contributed by atoms with E-state index in [1.165, 1.54) is 18.2 Å². The van der Waals surface area contributed by atoms with Gasteiger partial charge in [-0.1, -0.05) is 28.0 Å². The fourth-order valence-corrected chi connectivity index (χ4v) is 2.34. The second-order valence-corrected chi connectivity index (χ2v) is 5.59. The van der Waals surface area contributed by atoms with Crippen LogP contribution in [-0.2, 0) is 13.1 Å². The lowest BCUT2D eigenvalue weighted by molar-refractivity contribution is 0.300. The normalized spacial score (nSPS) is 11.5. The number of benzene rings is 1. The minimum Gasteiger partial charge on any atom is -0.409 e. The van der Waals surface area contributed by atoms with Gasteiger partial charge in [0.05, 0.1) is 10.7 Å². The largest absolute Gasteiger partial charge is 0.409 e. The Morgan fingerprint density at radius 1 is 1.23 bits per heavy atom. The van der Waals surface area contributed by atoms with E-state index in [-0.39, 0.29) is 16.6 Å². The summed E-state index contributed by atoms with van der Waals surface area (Å²) in [4.78, 5) is 4.20. The molecule has 0 radical (unpaired) electrons. The molecular formula is C16H14ClFN6O2. The molecule has 2 heterocycles. The van der Waals surface area contributed by atoms with Crippen molar-refractivity contribution >= 4 is 23.1 Å². The van der Waals surface area contributed by atoms with E-state index in [1.54, 1.807) is 6.20 Å². The third-order valence-electron chi connectivity index (χ3n) is 3.39. The number of oxime groups is 1. The first-order valence-corrected chi connectivity index (χ1v) is 7.91. The highest BCUT2D eigenvalue weighted by atomic mass is 35.5. The van der Waals surface area contributed by atoms with Crippen LogP contribution in [-0.4, -0.2) is 26.3 Å². The Morgan fingerprint density at radius 3 is 2.85 bits per heavy atom. The van der Waals surface area contributed by atoms with Crippen molar-refractivity contribution < 1.29 is 14.2 Å². The second kappa shape index (κ2) is 8.37. The van der Waals surface area contributed by atoms with Crippen molar-refractivity contribution in [3.63, 3.8) is 0 Å². The lowest BCUT2D eigenvalue weighted by Crippen LogP contribution is -2.20. The van der Waals surface area contributed by atoms with Crippen LogP contribution >= 0.6 is 11.6 Å². The van der Waals surface area contributed by atoms with Gasteiger partial charge in [-0.25, -0.2) is 9.02 Å². The van der Waals surface area contributed by atoms with Crippen LogP contribution in [0.5, 0.6) is 0 Å². The van der Waals surface area contributed by atoms with Crippen molar-refractivity contribution in [1.82, 2.24) is 20.6 Å². The van der Waals surface area contributed by atoms with Crippen molar-refractivity contribution in [1.29, 1.82) is 0 Å². The van der Waals surface area contributed by atoms with Crippen LogP contribution in [0, 0.1) is 5.82 Å². The minimum atomic E-state index is -0.554. The van der Waals surface area contributed by atoms with Gasteiger partial charge < -0.3 is 15.8 Å². The van der Waals surface area contributed by atoms with E-state index >= 15 is 0 Å². The number of aromatic nitrogens is 3. The van der Waals surface area contributed by atoms with Gasteiger partial charge in [0.1, 0.15) is 11.5 Å². The molecule has 0 bridgehead atoms. The number of nitrogens with one attached hydrogen (secondary N) is 2. The lowest BCUT2D eigenvalue weighted by atomic mass is 10.2. The third kappa shape index (κ3) is 4.32. The molecule has 2 aromatic heterocycles. The number of rotatable bonds is 6. The number of amidine groups is 1. The van der Waals surface area contributed by atoms with Gasteiger partial charge in [-0.3, -0.25) is 4.98 Å². The van der Waals surface area contributed by atoms with Gasteiger partial charge in [0.15, 0.2) is 5.69 Å². The number of pyridine rings is 1. The van der Waals surface area contributed by atoms with E-state index in [4.69, 9.17) is 16.2 Å². The molecule has 0 amide bonds. The van der Waals surface area contributed by atoms with Crippen LogP contribution in [0.25, 0.3) is 0 Å².